The number of rotatable bonds is 44. The van der Waals surface area contributed by atoms with Crippen LogP contribution < -0.4 is 0 Å². The van der Waals surface area contributed by atoms with Gasteiger partial charge in [-0.1, -0.05) is 173 Å². The fraction of sp³-hybridized carbons (Fsp3) is 0.872. The van der Waals surface area contributed by atoms with Crippen LogP contribution >= 0.6 is 23.5 Å². The van der Waals surface area contributed by atoms with E-state index in [-0.39, 0.29) is 12.8 Å². The lowest BCUT2D eigenvalue weighted by molar-refractivity contribution is -0.213. The molecule has 69 heavy (non-hydrogen) atoms. The van der Waals surface area contributed by atoms with Gasteiger partial charge in [-0.05, 0) is 44.9 Å². The molecule has 0 spiro atoms. The van der Waals surface area contributed by atoms with Crippen molar-refractivity contribution in [1.29, 1.82) is 0 Å². The number of phosphoric ester groups is 3. The summed E-state index contributed by atoms with van der Waals surface area (Å²) >= 11 is 0. The van der Waals surface area contributed by atoms with Crippen LogP contribution in [-0.2, 0) is 50.9 Å². The largest absolute Gasteiger partial charge is 0.472 e. The van der Waals surface area contributed by atoms with Crippen LogP contribution in [0.25, 0.3) is 0 Å². The van der Waals surface area contributed by atoms with Crippen molar-refractivity contribution in [2.75, 3.05) is 13.2 Å². The molecule has 5 unspecified atom stereocenters. The molecule has 1 fully saturated rings. The zero-order chi connectivity index (χ0) is 51.4. The molecular formula is C47H89O19P3. The van der Waals surface area contributed by atoms with Crippen molar-refractivity contribution in [3.8, 4) is 0 Å². The summed E-state index contributed by atoms with van der Waals surface area (Å²) in [7, 11) is -16.6. The van der Waals surface area contributed by atoms with E-state index in [0.29, 0.717) is 12.8 Å². The second-order valence-corrected chi connectivity index (χ2v) is 21.9. The van der Waals surface area contributed by atoms with Crippen LogP contribution in [0.3, 0.4) is 0 Å². The van der Waals surface area contributed by atoms with Gasteiger partial charge in [-0.3, -0.25) is 27.7 Å². The Kier molecular flexibility index (Phi) is 37.2. The standard InChI is InChI=1S/C47H89O19P3/c1-3-5-7-9-11-13-15-17-18-19-20-21-22-24-26-28-30-32-34-36-41(49)63-39(37-61-40(48)35-33-31-29-27-25-23-16-14-12-10-8-6-4-2)38-62-69(59,60)66-45-42(50)43(51)46(64-67(53,54)55)47(44(45)52)65-68(56,57)58/h11,13,17-18,39,42-47,50-52H,3-10,12,14-16,19-38H2,1-2H3,(H,59,60)(H2,53,54,55)(H2,56,57,58)/t39-,42?,43?,44?,45+,46?,47+/m1/s1. The molecule has 1 aliphatic rings. The van der Waals surface area contributed by atoms with E-state index in [1.54, 1.807) is 0 Å². The van der Waals surface area contributed by atoms with Crippen LogP contribution in [-0.4, -0.2) is 108 Å². The Morgan fingerprint density at radius 3 is 1.30 bits per heavy atom. The normalized spacial score (nSPS) is 21.5. The lowest BCUT2D eigenvalue weighted by Crippen LogP contribution is -2.65. The van der Waals surface area contributed by atoms with Gasteiger partial charge in [0.05, 0.1) is 6.61 Å². The Morgan fingerprint density at radius 2 is 0.841 bits per heavy atom. The molecule has 0 aromatic rings. The van der Waals surface area contributed by atoms with E-state index in [0.717, 1.165) is 77.0 Å². The molecule has 0 radical (unpaired) electrons. The van der Waals surface area contributed by atoms with Crippen LogP contribution in [0, 0.1) is 0 Å². The van der Waals surface area contributed by atoms with E-state index in [1.165, 1.54) is 89.9 Å². The fourth-order valence-electron chi connectivity index (χ4n) is 7.91. The number of esters is 2. The van der Waals surface area contributed by atoms with Gasteiger partial charge in [0.25, 0.3) is 0 Å². The van der Waals surface area contributed by atoms with Gasteiger partial charge in [0, 0.05) is 12.8 Å². The SMILES string of the molecule is CCCCCC=CCC=CCCCCCCCCCCCC(=O)O[C@H](COC(=O)CCCCCCCCCCCCCCC)COP(=O)(O)O[C@H]1C(O)C(O)C(OP(=O)(O)O)[C@@H](OP(=O)(O)O)C1O. The number of carbonyl (C=O) groups is 2. The van der Waals surface area contributed by atoms with Crippen LogP contribution in [0.1, 0.15) is 206 Å². The van der Waals surface area contributed by atoms with E-state index < -0.39 is 91.3 Å². The quantitative estimate of drug-likeness (QED) is 0.0122. The predicted octanol–water partition coefficient (Wildman–Crippen LogP) is 9.85. The molecule has 406 valence electrons. The summed E-state index contributed by atoms with van der Waals surface area (Å²) in [4.78, 5) is 73.3. The number of unbranched alkanes of at least 4 members (excludes halogenated alkanes) is 24. The average molecular weight is 1050 g/mol. The highest BCUT2D eigenvalue weighted by atomic mass is 31.2. The van der Waals surface area contributed by atoms with Gasteiger partial charge in [0.15, 0.2) is 6.10 Å². The molecule has 0 aromatic carbocycles. The summed E-state index contributed by atoms with van der Waals surface area (Å²) in [5.41, 5.74) is 0. The minimum absolute atomic E-state index is 0.00396. The Bertz CT molecular complexity index is 1540. The summed E-state index contributed by atoms with van der Waals surface area (Å²) in [6.45, 7) is 2.94. The minimum atomic E-state index is -5.60. The topological polar surface area (TPSA) is 303 Å². The molecule has 1 aliphatic carbocycles. The number of carbonyl (C=O) groups excluding carboxylic acids is 2. The second kappa shape index (κ2) is 39.1. The first-order valence-electron chi connectivity index (χ1n) is 25.6. The van der Waals surface area contributed by atoms with Crippen molar-refractivity contribution in [2.24, 2.45) is 0 Å². The lowest BCUT2D eigenvalue weighted by atomic mass is 9.85. The first-order valence-corrected chi connectivity index (χ1v) is 30.2. The maximum Gasteiger partial charge on any atom is 0.472 e. The maximum atomic E-state index is 13.1. The third kappa shape index (κ3) is 35.4. The molecular weight excluding hydrogens is 961 g/mol. The van der Waals surface area contributed by atoms with Crippen LogP contribution in [0.2, 0.25) is 0 Å². The molecule has 0 saturated heterocycles. The van der Waals surface area contributed by atoms with Crippen LogP contribution in [0.5, 0.6) is 0 Å². The third-order valence-electron chi connectivity index (χ3n) is 11.8. The molecule has 19 nitrogen and oxygen atoms in total. The van der Waals surface area contributed by atoms with Crippen LogP contribution in [0.15, 0.2) is 24.3 Å². The lowest BCUT2D eigenvalue weighted by Gasteiger charge is -2.44. The van der Waals surface area contributed by atoms with Gasteiger partial charge in [-0.15, -0.1) is 0 Å². The molecule has 8 N–H and O–H groups in total. The molecule has 0 aromatic heterocycles. The van der Waals surface area contributed by atoms with Crippen molar-refractivity contribution >= 4 is 35.4 Å². The summed E-state index contributed by atoms with van der Waals surface area (Å²) in [6, 6.07) is 0. The van der Waals surface area contributed by atoms with E-state index >= 15 is 0 Å². The van der Waals surface area contributed by atoms with Gasteiger partial charge in [-0.25, -0.2) is 13.7 Å². The van der Waals surface area contributed by atoms with Crippen molar-refractivity contribution in [1.82, 2.24) is 0 Å². The number of ether oxygens (including phenoxy) is 2. The van der Waals surface area contributed by atoms with E-state index in [1.807, 2.05) is 0 Å². The first kappa shape index (κ1) is 65.6. The Hall–Kier alpha value is -1.37. The summed E-state index contributed by atoms with van der Waals surface area (Å²) in [5.74, 6) is -1.29. The number of hydrogen-bond acceptors (Lipinski definition) is 14. The molecule has 22 heteroatoms. The molecule has 0 heterocycles. The molecule has 8 atom stereocenters. The molecule has 1 rings (SSSR count). The van der Waals surface area contributed by atoms with E-state index in [4.69, 9.17) is 18.5 Å². The summed E-state index contributed by atoms with van der Waals surface area (Å²) in [5, 5.41) is 31.9. The monoisotopic (exact) mass is 1050 g/mol. The van der Waals surface area contributed by atoms with Crippen molar-refractivity contribution in [3.05, 3.63) is 24.3 Å². The number of aliphatic hydroxyl groups is 3. The smallest absolute Gasteiger partial charge is 0.462 e. The average Bonchev–Trinajstić information content (AvgIpc) is 3.28. The van der Waals surface area contributed by atoms with Crippen molar-refractivity contribution in [2.45, 2.75) is 249 Å². The highest BCUT2D eigenvalue weighted by Gasteiger charge is 2.56. The fourth-order valence-corrected chi connectivity index (χ4v) is 10.0. The molecule has 0 bridgehead atoms. The second-order valence-electron chi connectivity index (χ2n) is 18.1. The number of hydrogen-bond donors (Lipinski definition) is 8. The van der Waals surface area contributed by atoms with E-state index in [9.17, 15) is 63.1 Å². The Morgan fingerprint density at radius 1 is 0.464 bits per heavy atom. The van der Waals surface area contributed by atoms with Gasteiger partial charge in [0.1, 0.15) is 43.2 Å². The Balaban J connectivity index is 2.67. The zero-order valence-corrected chi connectivity index (χ0v) is 44.1. The highest BCUT2D eigenvalue weighted by molar-refractivity contribution is 7.47. The van der Waals surface area contributed by atoms with Crippen molar-refractivity contribution in [3.63, 3.8) is 0 Å². The van der Waals surface area contributed by atoms with Crippen molar-refractivity contribution < 1.29 is 90.6 Å². The Labute approximate surface area is 411 Å². The summed E-state index contributed by atoms with van der Waals surface area (Å²) in [6.07, 6.45) is 23.2. The van der Waals surface area contributed by atoms with Gasteiger partial charge in [-0.2, -0.15) is 0 Å². The van der Waals surface area contributed by atoms with E-state index in [2.05, 4.69) is 47.2 Å². The van der Waals surface area contributed by atoms with Crippen LogP contribution in [0.4, 0.5) is 0 Å². The molecule has 1 saturated carbocycles. The number of allylic oxidation sites excluding steroid dienone is 4. The molecule has 0 amide bonds. The van der Waals surface area contributed by atoms with Gasteiger partial charge < -0.3 is 49.3 Å². The van der Waals surface area contributed by atoms with Gasteiger partial charge in [0.2, 0.25) is 0 Å². The maximum absolute atomic E-state index is 13.1. The predicted molar refractivity (Wildman–Crippen MR) is 261 cm³/mol. The third-order valence-corrected chi connectivity index (χ3v) is 13.8. The first-order chi connectivity index (χ1) is 32.8. The number of phosphoric acid groups is 3. The minimum Gasteiger partial charge on any atom is -0.462 e. The zero-order valence-electron chi connectivity index (χ0n) is 41.4. The van der Waals surface area contributed by atoms with Gasteiger partial charge >= 0.3 is 35.4 Å². The summed E-state index contributed by atoms with van der Waals surface area (Å²) < 4.78 is 65.6. The molecule has 0 aliphatic heterocycles. The number of aliphatic hydroxyl groups excluding tert-OH is 3. The highest BCUT2D eigenvalue weighted by Crippen LogP contribution is 2.51.